The van der Waals surface area contributed by atoms with Crippen LogP contribution in [0.25, 0.3) is 0 Å². The van der Waals surface area contributed by atoms with Crippen LogP contribution in [-0.4, -0.2) is 0 Å². The smallest absolute Gasteiger partial charge is 0.00579 e. The minimum atomic E-state index is 1.03. The van der Waals surface area contributed by atoms with Crippen molar-refractivity contribution in [1.82, 2.24) is 0 Å². The number of halogens is 1. The molecule has 0 aromatic heterocycles. The van der Waals surface area contributed by atoms with E-state index in [0.29, 0.717) is 0 Å². The number of hydrogen-bond donors (Lipinski definition) is 0. The van der Waals surface area contributed by atoms with Crippen LogP contribution in [0.15, 0.2) is 35.0 Å². The molecule has 0 saturated heterocycles. The van der Waals surface area contributed by atoms with Gasteiger partial charge >= 0.3 is 0 Å². The van der Waals surface area contributed by atoms with E-state index in [1.165, 1.54) is 0 Å². The highest BCUT2D eigenvalue weighted by atomic mass is 127. The van der Waals surface area contributed by atoms with Crippen LogP contribution in [0.1, 0.15) is 0 Å². The molecule has 0 heterocycles. The van der Waals surface area contributed by atoms with Gasteiger partial charge in [0.15, 0.2) is 0 Å². The molecule has 0 aromatic rings. The molecule has 0 aliphatic carbocycles. The van der Waals surface area contributed by atoms with Crippen molar-refractivity contribution < 1.29 is 0 Å². The predicted molar refractivity (Wildman–Crippen MR) is 42.5 cm³/mol. The lowest BCUT2D eigenvalue weighted by atomic mass is 10.5. The Labute approximate surface area is 57.8 Å². The van der Waals surface area contributed by atoms with Crippen molar-refractivity contribution >= 4 is 22.6 Å². The van der Waals surface area contributed by atoms with Gasteiger partial charge in [0.05, 0.1) is 0 Å². The van der Waals surface area contributed by atoms with E-state index in [1.807, 2.05) is 12.2 Å². The van der Waals surface area contributed by atoms with E-state index in [-0.39, 0.29) is 0 Å². The zero-order chi connectivity index (χ0) is 5.70. The first kappa shape index (κ1) is 6.95. The average molecular weight is 206 g/mol. The topological polar surface area (TPSA) is 0 Å². The molecule has 0 unspecified atom stereocenters. The third-order valence-electron chi connectivity index (χ3n) is 0.413. The van der Waals surface area contributed by atoms with Gasteiger partial charge in [-0.2, -0.15) is 0 Å². The minimum absolute atomic E-state index is 1.03. The lowest BCUT2D eigenvalue weighted by molar-refractivity contribution is 1.96. The van der Waals surface area contributed by atoms with Crippen LogP contribution in [0.2, 0.25) is 0 Å². The normalized spacial score (nSPS) is 9.29. The van der Waals surface area contributed by atoms with Gasteiger partial charge in [0.1, 0.15) is 0 Å². The van der Waals surface area contributed by atoms with Gasteiger partial charge in [-0.25, -0.2) is 0 Å². The Morgan fingerprint density at radius 1 is 1.57 bits per heavy atom. The molecule has 0 bridgehead atoms. The predicted octanol–water partition coefficient (Wildman–Crippen LogP) is 2.68. The quantitative estimate of drug-likeness (QED) is 0.481. The first-order valence-electron chi connectivity index (χ1n) is 1.91. The van der Waals surface area contributed by atoms with Gasteiger partial charge in [-0.3, -0.25) is 0 Å². The van der Waals surface area contributed by atoms with Crippen molar-refractivity contribution in [2.24, 2.45) is 0 Å². The molecular weight excluding hydrogens is 199 g/mol. The van der Waals surface area contributed by atoms with Gasteiger partial charge in [0.2, 0.25) is 0 Å². The molecule has 0 saturated carbocycles. The Hall–Kier alpha value is -0.0500. The van der Waals surface area contributed by atoms with E-state index >= 15 is 0 Å². The Morgan fingerprint density at radius 2 is 2.14 bits per heavy atom. The second-order valence-electron chi connectivity index (χ2n) is 1.04. The van der Waals surface area contributed by atoms with Crippen LogP contribution in [0.5, 0.6) is 0 Å². The molecule has 0 aliphatic heterocycles. The summed E-state index contributed by atoms with van der Waals surface area (Å²) in [7, 11) is 0. The molecule has 7 heavy (non-hydrogen) atoms. The summed E-state index contributed by atoms with van der Waals surface area (Å²) in [5.74, 6) is 0. The molecule has 0 rings (SSSR count). The third kappa shape index (κ3) is 5.95. The van der Waals surface area contributed by atoms with Gasteiger partial charge in [0.25, 0.3) is 0 Å². The summed E-state index contributed by atoms with van der Waals surface area (Å²) in [6, 6.07) is 0. The fourth-order valence-corrected chi connectivity index (χ4v) is 0.380. The molecule has 0 spiro atoms. The first-order valence-corrected chi connectivity index (χ1v) is 2.98. The zero-order valence-corrected chi connectivity index (χ0v) is 6.18. The van der Waals surface area contributed by atoms with Crippen molar-refractivity contribution in [2.75, 3.05) is 0 Å². The Morgan fingerprint density at radius 3 is 2.29 bits per heavy atom. The SMILES string of the molecule is C=C/C=C\C(=C)I. The summed E-state index contributed by atoms with van der Waals surface area (Å²) in [4.78, 5) is 0. The van der Waals surface area contributed by atoms with Crippen LogP contribution < -0.4 is 0 Å². The van der Waals surface area contributed by atoms with E-state index in [9.17, 15) is 0 Å². The fraction of sp³-hybridized carbons (Fsp3) is 0. The Balaban J connectivity index is 3.46. The van der Waals surface area contributed by atoms with Crippen molar-refractivity contribution in [3.8, 4) is 0 Å². The molecule has 1 heteroatoms. The van der Waals surface area contributed by atoms with E-state index in [0.717, 1.165) is 3.58 Å². The Bertz CT molecular complexity index is 101. The van der Waals surface area contributed by atoms with Crippen LogP contribution in [0, 0.1) is 0 Å². The van der Waals surface area contributed by atoms with Gasteiger partial charge in [-0.05, 0) is 28.7 Å². The summed E-state index contributed by atoms with van der Waals surface area (Å²) in [6.07, 6.45) is 5.48. The van der Waals surface area contributed by atoms with Crippen LogP contribution in [0.4, 0.5) is 0 Å². The molecule has 0 N–H and O–H groups in total. The lowest BCUT2D eigenvalue weighted by Gasteiger charge is -1.74. The van der Waals surface area contributed by atoms with Gasteiger partial charge in [-0.1, -0.05) is 25.3 Å². The van der Waals surface area contributed by atoms with Crippen molar-refractivity contribution in [3.63, 3.8) is 0 Å². The third-order valence-corrected chi connectivity index (χ3v) is 0.773. The maximum atomic E-state index is 3.64. The second-order valence-corrected chi connectivity index (χ2v) is 2.43. The van der Waals surface area contributed by atoms with E-state index < -0.39 is 0 Å². The summed E-state index contributed by atoms with van der Waals surface area (Å²) < 4.78 is 1.03. The van der Waals surface area contributed by atoms with Gasteiger partial charge in [-0.15, -0.1) is 0 Å². The second kappa shape index (κ2) is 4.12. The molecule has 0 aromatic carbocycles. The zero-order valence-electron chi connectivity index (χ0n) is 4.02. The molecule has 0 atom stereocenters. The molecule has 0 radical (unpaired) electrons. The maximum Gasteiger partial charge on any atom is 0.00579 e. The molecule has 0 fully saturated rings. The summed E-state index contributed by atoms with van der Waals surface area (Å²) in [6.45, 7) is 7.15. The lowest BCUT2D eigenvalue weighted by Crippen LogP contribution is -1.49. The van der Waals surface area contributed by atoms with E-state index in [1.54, 1.807) is 6.08 Å². The first-order chi connectivity index (χ1) is 3.27. The fourth-order valence-electron chi connectivity index (χ4n) is 0.172. The monoisotopic (exact) mass is 206 g/mol. The van der Waals surface area contributed by atoms with E-state index in [2.05, 4.69) is 35.7 Å². The highest BCUT2D eigenvalue weighted by Crippen LogP contribution is 2.01. The van der Waals surface area contributed by atoms with E-state index in [4.69, 9.17) is 0 Å². The van der Waals surface area contributed by atoms with Crippen LogP contribution >= 0.6 is 22.6 Å². The summed E-state index contributed by atoms with van der Waals surface area (Å²) >= 11 is 2.14. The van der Waals surface area contributed by atoms with Gasteiger partial charge in [0, 0.05) is 3.58 Å². The standard InChI is InChI=1S/C6H7I/c1-3-4-5-6(2)7/h3-5H,1-2H2/b5-4-. The summed E-state index contributed by atoms with van der Waals surface area (Å²) in [5, 5.41) is 0. The molecule has 38 valence electrons. The molecule has 0 aliphatic rings. The van der Waals surface area contributed by atoms with Crippen LogP contribution in [0.3, 0.4) is 0 Å². The molecule has 0 amide bonds. The number of rotatable bonds is 2. The highest BCUT2D eigenvalue weighted by molar-refractivity contribution is 14.1. The minimum Gasteiger partial charge on any atom is -0.0991 e. The van der Waals surface area contributed by atoms with Gasteiger partial charge < -0.3 is 0 Å². The maximum absolute atomic E-state index is 3.64. The largest absolute Gasteiger partial charge is 0.0991 e. The Kier molecular flexibility index (Phi) is 4.09. The molecule has 0 nitrogen and oxygen atoms in total. The van der Waals surface area contributed by atoms with Crippen molar-refractivity contribution in [2.45, 2.75) is 0 Å². The average Bonchev–Trinajstić information content (AvgIpc) is 1.61. The highest BCUT2D eigenvalue weighted by Gasteiger charge is 1.68. The number of allylic oxidation sites excluding steroid dienone is 4. The summed E-state index contributed by atoms with van der Waals surface area (Å²) in [5.41, 5.74) is 0. The molecular formula is C6H7I. The van der Waals surface area contributed by atoms with Crippen molar-refractivity contribution in [1.29, 1.82) is 0 Å². The van der Waals surface area contributed by atoms with Crippen molar-refractivity contribution in [3.05, 3.63) is 35.0 Å². The van der Waals surface area contributed by atoms with Crippen LogP contribution in [-0.2, 0) is 0 Å². The number of hydrogen-bond acceptors (Lipinski definition) is 0.